The molecule has 1 atom stereocenters. The first kappa shape index (κ1) is 17.2. The Kier molecular flexibility index (Phi) is 9.32. The van der Waals surface area contributed by atoms with Crippen LogP contribution in [0.25, 0.3) is 0 Å². The zero-order chi connectivity index (χ0) is 12.0. The van der Waals surface area contributed by atoms with E-state index in [1.54, 1.807) is 11.3 Å². The first-order valence-electron chi connectivity index (χ1n) is 5.81. The third-order valence-corrected chi connectivity index (χ3v) is 4.73. The minimum absolute atomic E-state index is 0. The van der Waals surface area contributed by atoms with E-state index < -0.39 is 0 Å². The van der Waals surface area contributed by atoms with Crippen molar-refractivity contribution in [2.24, 2.45) is 0 Å². The Morgan fingerprint density at radius 1 is 1.41 bits per heavy atom. The molecule has 0 saturated carbocycles. The highest BCUT2D eigenvalue weighted by Gasteiger charge is 2.05. The van der Waals surface area contributed by atoms with Crippen LogP contribution in [0, 0.1) is 0 Å². The number of thiazole rings is 1. The highest BCUT2D eigenvalue weighted by Crippen LogP contribution is 2.18. The second kappa shape index (κ2) is 9.20. The number of aromatic nitrogens is 1. The van der Waals surface area contributed by atoms with Crippen LogP contribution >= 0.6 is 35.5 Å². The molecule has 100 valence electrons. The fourth-order valence-corrected chi connectivity index (χ4v) is 2.50. The predicted octanol–water partition coefficient (Wildman–Crippen LogP) is 3.92. The van der Waals surface area contributed by atoms with Gasteiger partial charge in [-0.3, -0.25) is 0 Å². The van der Waals surface area contributed by atoms with Crippen molar-refractivity contribution in [2.45, 2.75) is 44.9 Å². The number of hydrogen-bond acceptors (Lipinski definition) is 4. The minimum Gasteiger partial charge on any atom is -0.311 e. The molecule has 0 aliphatic heterocycles. The van der Waals surface area contributed by atoms with Crippen LogP contribution in [0.4, 0.5) is 0 Å². The van der Waals surface area contributed by atoms with Gasteiger partial charge in [0.2, 0.25) is 0 Å². The molecule has 1 aromatic rings. The standard InChI is InChI=1S/C12H22N2S2.ClH/c1-9(2)12-14-11(8-16-12)7-13-6-5-10(3)15-4;/h8-10,13H,5-7H2,1-4H3;1H. The van der Waals surface area contributed by atoms with Crippen molar-refractivity contribution in [3.05, 3.63) is 16.1 Å². The molecule has 0 saturated heterocycles. The van der Waals surface area contributed by atoms with Gasteiger partial charge in [0.05, 0.1) is 10.7 Å². The average Bonchev–Trinajstić information content (AvgIpc) is 2.72. The molecule has 1 aromatic heterocycles. The summed E-state index contributed by atoms with van der Waals surface area (Å²) in [5.74, 6) is 0.551. The van der Waals surface area contributed by atoms with Gasteiger partial charge in [-0.1, -0.05) is 20.8 Å². The van der Waals surface area contributed by atoms with Gasteiger partial charge in [0.1, 0.15) is 0 Å². The van der Waals surface area contributed by atoms with Gasteiger partial charge in [-0.2, -0.15) is 11.8 Å². The largest absolute Gasteiger partial charge is 0.311 e. The number of halogens is 1. The van der Waals surface area contributed by atoms with Gasteiger partial charge in [-0.25, -0.2) is 4.98 Å². The van der Waals surface area contributed by atoms with Crippen LogP contribution in [0.3, 0.4) is 0 Å². The van der Waals surface area contributed by atoms with Crippen molar-refractivity contribution in [3.63, 3.8) is 0 Å². The Morgan fingerprint density at radius 2 is 2.12 bits per heavy atom. The summed E-state index contributed by atoms with van der Waals surface area (Å²) < 4.78 is 0. The van der Waals surface area contributed by atoms with Crippen molar-refractivity contribution < 1.29 is 0 Å². The molecule has 1 heterocycles. The van der Waals surface area contributed by atoms with Crippen LogP contribution in [0.5, 0.6) is 0 Å². The van der Waals surface area contributed by atoms with Crippen LogP contribution in [0.1, 0.15) is 43.8 Å². The molecule has 2 nitrogen and oxygen atoms in total. The maximum Gasteiger partial charge on any atom is 0.0954 e. The highest BCUT2D eigenvalue weighted by atomic mass is 35.5. The molecule has 1 unspecified atom stereocenters. The molecule has 0 bridgehead atoms. The molecule has 0 aliphatic carbocycles. The summed E-state index contributed by atoms with van der Waals surface area (Å²) in [6.07, 6.45) is 3.39. The van der Waals surface area contributed by atoms with Crippen molar-refractivity contribution in [3.8, 4) is 0 Å². The summed E-state index contributed by atoms with van der Waals surface area (Å²) >= 11 is 3.70. The summed E-state index contributed by atoms with van der Waals surface area (Å²) in [6.45, 7) is 8.64. The van der Waals surface area contributed by atoms with Gasteiger partial charge in [-0.15, -0.1) is 23.7 Å². The SMILES string of the molecule is CSC(C)CCNCc1csc(C(C)C)n1.Cl. The lowest BCUT2D eigenvalue weighted by molar-refractivity contribution is 0.639. The Hall–Kier alpha value is 0.230. The molecule has 1 rings (SSSR count). The van der Waals surface area contributed by atoms with E-state index >= 15 is 0 Å². The van der Waals surface area contributed by atoms with Crippen LogP contribution in [-0.4, -0.2) is 23.0 Å². The van der Waals surface area contributed by atoms with Gasteiger partial charge in [0.25, 0.3) is 0 Å². The van der Waals surface area contributed by atoms with E-state index in [1.807, 2.05) is 11.8 Å². The molecule has 0 aromatic carbocycles. The Morgan fingerprint density at radius 3 is 2.65 bits per heavy atom. The van der Waals surface area contributed by atoms with E-state index in [-0.39, 0.29) is 12.4 Å². The number of thioether (sulfide) groups is 1. The lowest BCUT2D eigenvalue weighted by atomic mass is 10.2. The molecular formula is C12H23ClN2S2. The molecule has 5 heteroatoms. The quantitative estimate of drug-likeness (QED) is 0.772. The molecule has 1 N–H and O–H groups in total. The highest BCUT2D eigenvalue weighted by molar-refractivity contribution is 7.99. The van der Waals surface area contributed by atoms with Gasteiger partial charge < -0.3 is 5.32 Å². The van der Waals surface area contributed by atoms with E-state index in [1.165, 1.54) is 17.1 Å². The van der Waals surface area contributed by atoms with Gasteiger partial charge in [0.15, 0.2) is 0 Å². The van der Waals surface area contributed by atoms with Gasteiger partial charge in [0, 0.05) is 23.1 Å². The fourth-order valence-electron chi connectivity index (χ4n) is 1.31. The normalized spacial score (nSPS) is 12.5. The first-order valence-corrected chi connectivity index (χ1v) is 7.98. The Bertz CT molecular complexity index is 302. The number of hydrogen-bond donors (Lipinski definition) is 1. The molecule has 0 spiro atoms. The second-order valence-electron chi connectivity index (χ2n) is 4.34. The third kappa shape index (κ3) is 6.65. The number of nitrogens with one attached hydrogen (secondary N) is 1. The third-order valence-electron chi connectivity index (χ3n) is 2.50. The lowest BCUT2D eigenvalue weighted by Gasteiger charge is -2.07. The molecule has 0 aliphatic rings. The van der Waals surface area contributed by atoms with E-state index in [9.17, 15) is 0 Å². The summed E-state index contributed by atoms with van der Waals surface area (Å²) in [4.78, 5) is 4.60. The van der Waals surface area contributed by atoms with Crippen molar-refractivity contribution in [2.75, 3.05) is 12.8 Å². The molecule has 0 radical (unpaired) electrons. The molecular weight excluding hydrogens is 272 g/mol. The Labute approximate surface area is 119 Å². The van der Waals surface area contributed by atoms with E-state index in [0.29, 0.717) is 5.92 Å². The second-order valence-corrected chi connectivity index (χ2v) is 6.51. The van der Waals surface area contributed by atoms with Crippen LogP contribution in [0.2, 0.25) is 0 Å². The lowest BCUT2D eigenvalue weighted by Crippen LogP contribution is -2.17. The van der Waals surface area contributed by atoms with Crippen molar-refractivity contribution >= 4 is 35.5 Å². The average molecular weight is 295 g/mol. The van der Waals surface area contributed by atoms with E-state index in [0.717, 1.165) is 18.3 Å². The number of nitrogens with zero attached hydrogens (tertiary/aromatic N) is 1. The van der Waals surface area contributed by atoms with Gasteiger partial charge >= 0.3 is 0 Å². The summed E-state index contributed by atoms with van der Waals surface area (Å²) in [6, 6.07) is 0. The molecule has 17 heavy (non-hydrogen) atoms. The van der Waals surface area contributed by atoms with Crippen LogP contribution in [0.15, 0.2) is 5.38 Å². The molecule has 0 fully saturated rings. The smallest absolute Gasteiger partial charge is 0.0954 e. The van der Waals surface area contributed by atoms with E-state index in [2.05, 4.69) is 42.7 Å². The summed E-state index contributed by atoms with van der Waals surface area (Å²) in [5.41, 5.74) is 1.19. The van der Waals surface area contributed by atoms with E-state index in [4.69, 9.17) is 0 Å². The zero-order valence-corrected chi connectivity index (χ0v) is 13.5. The summed E-state index contributed by atoms with van der Waals surface area (Å²) in [7, 11) is 0. The maximum atomic E-state index is 4.60. The maximum absolute atomic E-state index is 4.60. The minimum atomic E-state index is 0. The predicted molar refractivity (Wildman–Crippen MR) is 82.8 cm³/mol. The van der Waals surface area contributed by atoms with Crippen molar-refractivity contribution in [1.82, 2.24) is 10.3 Å². The Balaban J connectivity index is 0.00000256. The first-order chi connectivity index (χ1) is 7.63. The van der Waals surface area contributed by atoms with Crippen LogP contribution in [-0.2, 0) is 6.54 Å². The monoisotopic (exact) mass is 294 g/mol. The summed E-state index contributed by atoms with van der Waals surface area (Å²) in [5, 5.41) is 7.61. The van der Waals surface area contributed by atoms with Crippen LogP contribution < -0.4 is 5.32 Å². The molecule has 0 amide bonds. The number of rotatable bonds is 7. The fraction of sp³-hybridized carbons (Fsp3) is 0.750. The topological polar surface area (TPSA) is 24.9 Å². The van der Waals surface area contributed by atoms with Gasteiger partial charge in [-0.05, 0) is 19.2 Å². The zero-order valence-electron chi connectivity index (χ0n) is 11.0. The van der Waals surface area contributed by atoms with Crippen molar-refractivity contribution in [1.29, 1.82) is 0 Å².